The summed E-state index contributed by atoms with van der Waals surface area (Å²) in [5.74, 6) is -3.47. The van der Waals surface area contributed by atoms with E-state index in [1.165, 1.54) is 0 Å². The van der Waals surface area contributed by atoms with Crippen LogP contribution in [0.3, 0.4) is 0 Å². The van der Waals surface area contributed by atoms with Crippen LogP contribution < -0.4 is 31.7 Å². The maximum absolute atomic E-state index is 13.0. The number of benzene rings is 2. The second kappa shape index (κ2) is 15.4. The molecule has 1 aromatic heterocycles. The summed E-state index contributed by atoms with van der Waals surface area (Å²) in [7, 11) is 0. The summed E-state index contributed by atoms with van der Waals surface area (Å²) in [6, 6.07) is 11.8. The van der Waals surface area contributed by atoms with Crippen molar-refractivity contribution in [1.29, 1.82) is 0 Å². The number of aromatic amines is 1. The van der Waals surface area contributed by atoms with Gasteiger partial charge in [0.1, 0.15) is 24.4 Å². The van der Waals surface area contributed by atoms with E-state index in [1.807, 2.05) is 49.4 Å². The molecule has 1 aliphatic heterocycles. The van der Waals surface area contributed by atoms with E-state index in [1.54, 1.807) is 13.0 Å². The standard InChI is InChI=1S/C31H38N6O7S/c1-3-17(2)27-29(41)34-13-25(38)35-24(31(42)43)16-45-30-21(12-22(32)28(40)33-14-26(39)37-27)20-10-9-19(11-23(20)36-30)44-15-18-7-5-4-6-8-18/h4-11,17,22,24,27,36H,3,12-16,32H2,1-2H3,(H,33,40)(H,34,41)(H,35,38)(H,37,39)(H,42,43)/t17-,22-,24-,27-/m0/s1. The largest absolute Gasteiger partial charge is 0.489 e. The van der Waals surface area contributed by atoms with E-state index in [4.69, 9.17) is 10.5 Å². The van der Waals surface area contributed by atoms with Crippen molar-refractivity contribution in [2.24, 2.45) is 11.7 Å². The van der Waals surface area contributed by atoms with Crippen molar-refractivity contribution in [2.75, 3.05) is 18.8 Å². The number of thioether (sulfide) groups is 1. The number of ether oxygens (including phenoxy) is 1. The minimum atomic E-state index is -1.29. The fourth-order valence-corrected chi connectivity index (χ4v) is 5.88. The molecule has 240 valence electrons. The molecule has 4 amide bonds. The molecule has 3 aromatic rings. The molecule has 0 saturated carbocycles. The van der Waals surface area contributed by atoms with Crippen LogP contribution in [0.1, 0.15) is 31.4 Å². The molecule has 0 fully saturated rings. The second-order valence-corrected chi connectivity index (χ2v) is 11.9. The van der Waals surface area contributed by atoms with Crippen molar-refractivity contribution in [3.63, 3.8) is 0 Å². The fraction of sp³-hybridized carbons (Fsp3) is 0.387. The van der Waals surface area contributed by atoms with E-state index < -0.39 is 60.8 Å². The maximum atomic E-state index is 13.0. The minimum absolute atomic E-state index is 0.0564. The van der Waals surface area contributed by atoms with Crippen LogP contribution >= 0.6 is 11.8 Å². The molecule has 14 heteroatoms. The molecule has 2 heterocycles. The molecule has 4 rings (SSSR count). The number of hydrogen-bond acceptors (Lipinski definition) is 8. The van der Waals surface area contributed by atoms with E-state index >= 15 is 0 Å². The zero-order valence-corrected chi connectivity index (χ0v) is 25.9. The van der Waals surface area contributed by atoms with Crippen molar-refractivity contribution in [3.05, 3.63) is 59.7 Å². The topological polar surface area (TPSA) is 205 Å². The van der Waals surface area contributed by atoms with Crippen LogP contribution in [0.25, 0.3) is 10.9 Å². The quantitative estimate of drug-likeness (QED) is 0.206. The molecule has 0 radical (unpaired) electrons. The second-order valence-electron chi connectivity index (χ2n) is 10.9. The summed E-state index contributed by atoms with van der Waals surface area (Å²) in [4.78, 5) is 66.5. The Balaban J connectivity index is 1.61. The molecule has 4 atom stereocenters. The normalized spacial score (nSPS) is 21.3. The Bertz CT molecular complexity index is 1550. The molecule has 0 unspecified atom stereocenters. The number of amides is 4. The van der Waals surface area contributed by atoms with E-state index in [0.29, 0.717) is 34.9 Å². The van der Waals surface area contributed by atoms with Gasteiger partial charge in [-0.1, -0.05) is 50.6 Å². The first-order valence-corrected chi connectivity index (χ1v) is 15.6. The lowest BCUT2D eigenvalue weighted by atomic mass is 9.98. The highest BCUT2D eigenvalue weighted by atomic mass is 32.2. The van der Waals surface area contributed by atoms with Gasteiger partial charge < -0.3 is 41.8 Å². The summed E-state index contributed by atoms with van der Waals surface area (Å²) in [5, 5.41) is 21.2. The molecular weight excluding hydrogens is 600 g/mol. The van der Waals surface area contributed by atoms with Gasteiger partial charge in [-0.2, -0.15) is 0 Å². The van der Waals surface area contributed by atoms with Crippen molar-refractivity contribution in [1.82, 2.24) is 26.3 Å². The van der Waals surface area contributed by atoms with Gasteiger partial charge in [0, 0.05) is 17.2 Å². The smallest absolute Gasteiger partial charge is 0.327 e. The molecule has 0 spiro atoms. The van der Waals surface area contributed by atoms with Gasteiger partial charge in [-0.15, -0.1) is 11.8 Å². The number of rotatable bonds is 6. The van der Waals surface area contributed by atoms with E-state index in [2.05, 4.69) is 26.3 Å². The van der Waals surface area contributed by atoms with E-state index in [-0.39, 0.29) is 18.1 Å². The molecule has 8 N–H and O–H groups in total. The lowest BCUT2D eigenvalue weighted by molar-refractivity contribution is -0.141. The third-order valence-corrected chi connectivity index (χ3v) is 8.67. The highest BCUT2D eigenvalue weighted by molar-refractivity contribution is 7.99. The number of carbonyl (C=O) groups is 5. The average molecular weight is 639 g/mol. The number of hydrogen-bond donors (Lipinski definition) is 7. The predicted molar refractivity (Wildman–Crippen MR) is 168 cm³/mol. The van der Waals surface area contributed by atoms with Crippen LogP contribution in [0.2, 0.25) is 0 Å². The molecule has 0 bridgehead atoms. The molecular formula is C31H38N6O7S. The number of H-pyrrole nitrogens is 1. The average Bonchev–Trinajstić information content (AvgIpc) is 3.37. The summed E-state index contributed by atoms with van der Waals surface area (Å²) in [6.45, 7) is 3.09. The number of carboxylic acids is 1. The molecule has 2 aromatic carbocycles. The Morgan fingerprint density at radius 3 is 2.40 bits per heavy atom. The van der Waals surface area contributed by atoms with Gasteiger partial charge in [0.25, 0.3) is 0 Å². The summed E-state index contributed by atoms with van der Waals surface area (Å²) >= 11 is 1.15. The minimum Gasteiger partial charge on any atom is -0.489 e. The van der Waals surface area contributed by atoms with E-state index in [9.17, 15) is 29.1 Å². The first kappa shape index (κ1) is 33.3. The lowest BCUT2D eigenvalue weighted by Crippen LogP contribution is -2.55. The summed E-state index contributed by atoms with van der Waals surface area (Å²) < 4.78 is 5.96. The predicted octanol–water partition coefficient (Wildman–Crippen LogP) is 1.06. The summed E-state index contributed by atoms with van der Waals surface area (Å²) in [5.41, 5.74) is 8.65. The number of nitrogens with one attached hydrogen (secondary N) is 5. The van der Waals surface area contributed by atoms with Gasteiger partial charge in [-0.25, -0.2) is 4.79 Å². The van der Waals surface area contributed by atoms with Crippen LogP contribution in [-0.2, 0) is 37.0 Å². The third-order valence-electron chi connectivity index (χ3n) is 7.53. The first-order chi connectivity index (χ1) is 21.5. The number of carbonyl (C=O) groups excluding carboxylic acids is 4. The number of aromatic nitrogens is 1. The van der Waals surface area contributed by atoms with Crippen LogP contribution in [0.15, 0.2) is 53.6 Å². The van der Waals surface area contributed by atoms with Gasteiger partial charge in [0.15, 0.2) is 0 Å². The van der Waals surface area contributed by atoms with Gasteiger partial charge in [-0.3, -0.25) is 19.2 Å². The van der Waals surface area contributed by atoms with Gasteiger partial charge in [0.2, 0.25) is 23.6 Å². The van der Waals surface area contributed by atoms with Crippen molar-refractivity contribution >= 4 is 52.3 Å². The maximum Gasteiger partial charge on any atom is 0.327 e. The summed E-state index contributed by atoms with van der Waals surface area (Å²) in [6.07, 6.45) is 0.621. The number of nitrogens with two attached hydrogens (primary N) is 1. The fourth-order valence-electron chi connectivity index (χ4n) is 4.77. The number of fused-ring (bicyclic) bond motifs is 3. The van der Waals surface area contributed by atoms with Gasteiger partial charge >= 0.3 is 5.97 Å². The Morgan fingerprint density at radius 1 is 1.02 bits per heavy atom. The van der Waals surface area contributed by atoms with Crippen molar-refractivity contribution in [2.45, 2.75) is 56.4 Å². The Kier molecular flexibility index (Phi) is 11.4. The third kappa shape index (κ3) is 8.99. The molecule has 1 aliphatic rings. The van der Waals surface area contributed by atoms with Gasteiger partial charge in [0.05, 0.1) is 29.7 Å². The molecule has 13 nitrogen and oxygen atoms in total. The SMILES string of the molecule is CC[C@H](C)[C@@H]1NC(=O)CNC(=O)[C@@H](N)Cc2c([nH]c3cc(OCc4ccccc4)ccc23)SC[C@@H](C(=O)O)NC(=O)CNC1=O. The monoisotopic (exact) mass is 638 g/mol. The highest BCUT2D eigenvalue weighted by Gasteiger charge is 2.29. The number of carboxylic acid groups (broad SMARTS) is 1. The van der Waals surface area contributed by atoms with E-state index in [0.717, 1.165) is 22.7 Å². The van der Waals surface area contributed by atoms with Crippen LogP contribution in [0.5, 0.6) is 5.75 Å². The Morgan fingerprint density at radius 2 is 1.71 bits per heavy atom. The van der Waals surface area contributed by atoms with Crippen LogP contribution in [-0.4, -0.2) is 76.7 Å². The van der Waals surface area contributed by atoms with Crippen molar-refractivity contribution in [3.8, 4) is 5.75 Å². The van der Waals surface area contributed by atoms with Crippen LogP contribution in [0.4, 0.5) is 0 Å². The van der Waals surface area contributed by atoms with Gasteiger partial charge in [-0.05, 0) is 35.6 Å². The highest BCUT2D eigenvalue weighted by Crippen LogP contribution is 2.33. The van der Waals surface area contributed by atoms with Crippen molar-refractivity contribution < 1.29 is 33.8 Å². The Hall–Kier alpha value is -4.56. The molecule has 0 saturated heterocycles. The number of aliphatic carboxylic acids is 1. The first-order valence-electron chi connectivity index (χ1n) is 14.6. The molecule has 45 heavy (non-hydrogen) atoms. The molecule has 0 aliphatic carbocycles. The lowest BCUT2D eigenvalue weighted by Gasteiger charge is -2.24. The zero-order valence-electron chi connectivity index (χ0n) is 25.1. The van der Waals surface area contributed by atoms with Crippen LogP contribution in [0, 0.1) is 5.92 Å². The Labute approximate surface area is 264 Å². The zero-order chi connectivity index (χ0) is 32.5.